The van der Waals surface area contributed by atoms with E-state index in [1.54, 1.807) is 0 Å². The molecule has 0 bridgehead atoms. The van der Waals surface area contributed by atoms with Crippen LogP contribution in [0.25, 0.3) is 0 Å². The van der Waals surface area contributed by atoms with E-state index in [0.29, 0.717) is 12.8 Å². The number of carbonyl (C=O) groups is 1. The summed E-state index contributed by atoms with van der Waals surface area (Å²) in [7, 11) is -4.62. The smallest absolute Gasteiger partial charge is 0.342 e. The average Bonchev–Trinajstić information content (AvgIpc) is 2.16. The van der Waals surface area contributed by atoms with Crippen LogP contribution in [0.1, 0.15) is 52.4 Å². The van der Waals surface area contributed by atoms with E-state index < -0.39 is 18.7 Å². The summed E-state index contributed by atoms with van der Waals surface area (Å²) in [5.74, 6) is -1.37. The fourth-order valence-corrected chi connectivity index (χ4v) is 2.84. The molecular weight excluding hydrogens is 231 g/mol. The zero-order valence-electron chi connectivity index (χ0n) is 9.85. The maximum atomic E-state index is 11.4. The Morgan fingerprint density at radius 3 is 1.69 bits per heavy atom. The van der Waals surface area contributed by atoms with Gasteiger partial charge in [-0.1, -0.05) is 39.5 Å². The fraction of sp³-hybridized carbons (Fsp3) is 0.900. The lowest BCUT2D eigenvalue weighted by molar-refractivity contribution is -0.141. The molecule has 0 rings (SSSR count). The lowest BCUT2D eigenvalue weighted by Gasteiger charge is -2.30. The summed E-state index contributed by atoms with van der Waals surface area (Å²) < 4.78 is 11.4. The molecule has 0 radical (unpaired) electrons. The van der Waals surface area contributed by atoms with Crippen molar-refractivity contribution >= 4 is 13.6 Å². The summed E-state index contributed by atoms with van der Waals surface area (Å²) in [5.41, 5.74) is 0. The summed E-state index contributed by atoms with van der Waals surface area (Å²) in [6.45, 7) is 3.73. The number of hydrogen-bond donors (Lipinski definition) is 3. The van der Waals surface area contributed by atoms with Crippen LogP contribution in [0.4, 0.5) is 0 Å². The van der Waals surface area contributed by atoms with Crippen LogP contribution < -0.4 is 0 Å². The molecule has 0 unspecified atom stereocenters. The van der Waals surface area contributed by atoms with Gasteiger partial charge in [0.2, 0.25) is 0 Å². The van der Waals surface area contributed by atoms with E-state index >= 15 is 0 Å². The Kier molecular flexibility index (Phi) is 6.23. The zero-order valence-corrected chi connectivity index (χ0v) is 10.7. The Morgan fingerprint density at radius 1 is 1.12 bits per heavy atom. The van der Waals surface area contributed by atoms with Gasteiger partial charge in [0.15, 0.2) is 5.16 Å². The highest BCUT2D eigenvalue weighted by atomic mass is 31.2. The van der Waals surface area contributed by atoms with Crippen LogP contribution in [-0.4, -0.2) is 26.0 Å². The van der Waals surface area contributed by atoms with Crippen LogP contribution in [0, 0.1) is 0 Å². The Bertz CT molecular complexity index is 262. The molecule has 0 atom stereocenters. The van der Waals surface area contributed by atoms with Crippen molar-refractivity contribution in [3.8, 4) is 0 Å². The number of unbranched alkanes of at least 4 members (excludes halogenated alkanes) is 2. The highest BCUT2D eigenvalue weighted by molar-refractivity contribution is 7.54. The summed E-state index contributed by atoms with van der Waals surface area (Å²) in [4.78, 5) is 29.8. The molecule has 16 heavy (non-hydrogen) atoms. The van der Waals surface area contributed by atoms with E-state index in [1.807, 2.05) is 13.8 Å². The molecule has 3 N–H and O–H groups in total. The number of carboxylic acids is 1. The van der Waals surface area contributed by atoms with E-state index in [-0.39, 0.29) is 12.8 Å². The van der Waals surface area contributed by atoms with Gasteiger partial charge in [0.1, 0.15) is 0 Å². The zero-order chi connectivity index (χ0) is 12.8. The maximum absolute atomic E-state index is 11.4. The van der Waals surface area contributed by atoms with Gasteiger partial charge in [0, 0.05) is 0 Å². The van der Waals surface area contributed by atoms with E-state index in [0.717, 1.165) is 12.8 Å². The second-order valence-corrected chi connectivity index (χ2v) is 6.03. The second kappa shape index (κ2) is 6.38. The summed E-state index contributed by atoms with van der Waals surface area (Å²) in [6.07, 6.45) is 2.57. The summed E-state index contributed by atoms with van der Waals surface area (Å²) >= 11 is 0. The van der Waals surface area contributed by atoms with Gasteiger partial charge in [-0.25, -0.2) is 0 Å². The molecule has 0 aliphatic heterocycles. The van der Waals surface area contributed by atoms with Crippen LogP contribution in [0.15, 0.2) is 0 Å². The van der Waals surface area contributed by atoms with Gasteiger partial charge in [-0.05, 0) is 12.8 Å². The Balaban J connectivity index is 5.06. The molecule has 0 fully saturated rings. The average molecular weight is 252 g/mol. The first-order chi connectivity index (χ1) is 7.31. The van der Waals surface area contributed by atoms with Gasteiger partial charge in [-0.15, -0.1) is 0 Å². The molecule has 5 nitrogen and oxygen atoms in total. The molecule has 0 aliphatic rings. The predicted octanol–water partition coefficient (Wildman–Crippen LogP) is 2.37. The van der Waals surface area contributed by atoms with Gasteiger partial charge in [-0.3, -0.25) is 9.36 Å². The predicted molar refractivity (Wildman–Crippen MR) is 61.5 cm³/mol. The molecule has 0 aliphatic carbocycles. The second-order valence-electron chi connectivity index (χ2n) is 4.09. The van der Waals surface area contributed by atoms with Crippen molar-refractivity contribution in [2.45, 2.75) is 57.5 Å². The highest BCUT2D eigenvalue weighted by Crippen LogP contribution is 2.56. The maximum Gasteiger partial charge on any atom is 0.342 e. The number of aliphatic carboxylic acids is 1. The van der Waals surface area contributed by atoms with Crippen LogP contribution in [0.2, 0.25) is 0 Å². The first-order valence-electron chi connectivity index (χ1n) is 5.61. The van der Waals surface area contributed by atoms with Gasteiger partial charge < -0.3 is 14.9 Å². The molecule has 0 heterocycles. The largest absolute Gasteiger partial charge is 0.480 e. The number of carboxylic acid groups (broad SMARTS) is 1. The third kappa shape index (κ3) is 3.58. The molecule has 96 valence electrons. The topological polar surface area (TPSA) is 94.8 Å². The monoisotopic (exact) mass is 252 g/mol. The fourth-order valence-electron chi connectivity index (χ4n) is 1.69. The van der Waals surface area contributed by atoms with Crippen molar-refractivity contribution in [3.05, 3.63) is 0 Å². The van der Waals surface area contributed by atoms with Crippen molar-refractivity contribution in [2.75, 3.05) is 0 Å². The normalized spacial score (nSPS) is 12.8. The first-order valence-corrected chi connectivity index (χ1v) is 7.22. The van der Waals surface area contributed by atoms with E-state index in [2.05, 4.69) is 0 Å². The Labute approximate surface area is 96.0 Å². The molecule has 0 saturated carbocycles. The van der Waals surface area contributed by atoms with Crippen molar-refractivity contribution in [1.82, 2.24) is 0 Å². The van der Waals surface area contributed by atoms with Crippen LogP contribution in [-0.2, 0) is 9.36 Å². The van der Waals surface area contributed by atoms with E-state index in [9.17, 15) is 19.1 Å². The molecule has 0 aromatic heterocycles. The van der Waals surface area contributed by atoms with Crippen LogP contribution >= 0.6 is 7.60 Å². The summed E-state index contributed by atoms with van der Waals surface area (Å²) in [6, 6.07) is 0. The molecule has 0 saturated heterocycles. The van der Waals surface area contributed by atoms with Crippen molar-refractivity contribution in [3.63, 3.8) is 0 Å². The molecule has 0 spiro atoms. The number of rotatable bonds is 8. The van der Waals surface area contributed by atoms with Crippen LogP contribution in [0.5, 0.6) is 0 Å². The molecule has 0 amide bonds. The highest BCUT2D eigenvalue weighted by Gasteiger charge is 2.52. The quantitative estimate of drug-likeness (QED) is 0.576. The third-order valence-electron chi connectivity index (χ3n) is 2.84. The molecule has 0 aromatic rings. The van der Waals surface area contributed by atoms with Crippen LogP contribution in [0.3, 0.4) is 0 Å². The van der Waals surface area contributed by atoms with Gasteiger partial charge in [0.05, 0.1) is 0 Å². The standard InChI is InChI=1S/C10H21O5P/c1-3-5-7-10(9(11)12,8-6-4-2)16(13,14)15/h3-8H2,1-2H3,(H,11,12)(H2,13,14,15). The van der Waals surface area contributed by atoms with Gasteiger partial charge in [0.25, 0.3) is 0 Å². The Morgan fingerprint density at radius 2 is 1.50 bits per heavy atom. The van der Waals surface area contributed by atoms with E-state index in [4.69, 9.17) is 5.11 Å². The molecule has 0 aromatic carbocycles. The Hall–Kier alpha value is -0.380. The minimum Gasteiger partial charge on any atom is -0.480 e. The minimum absolute atomic E-state index is 0.0448. The number of hydrogen-bond acceptors (Lipinski definition) is 2. The SMILES string of the molecule is CCCCC(CCCC)(C(=O)O)P(=O)(O)O. The van der Waals surface area contributed by atoms with Crippen molar-refractivity contribution < 1.29 is 24.3 Å². The lowest BCUT2D eigenvalue weighted by atomic mass is 9.95. The van der Waals surface area contributed by atoms with E-state index in [1.165, 1.54) is 0 Å². The molecular formula is C10H21O5P. The summed E-state index contributed by atoms with van der Waals surface area (Å²) in [5, 5.41) is 7.24. The minimum atomic E-state index is -4.62. The van der Waals surface area contributed by atoms with Gasteiger partial charge >= 0.3 is 13.6 Å². The van der Waals surface area contributed by atoms with Crippen molar-refractivity contribution in [1.29, 1.82) is 0 Å². The molecule has 6 heteroatoms. The van der Waals surface area contributed by atoms with Crippen molar-refractivity contribution in [2.24, 2.45) is 0 Å². The first kappa shape index (κ1) is 15.6. The van der Waals surface area contributed by atoms with Gasteiger partial charge in [-0.2, -0.15) is 0 Å². The third-order valence-corrected chi connectivity index (χ3v) is 4.60. The lowest BCUT2D eigenvalue weighted by Crippen LogP contribution is -2.38.